The van der Waals surface area contributed by atoms with Gasteiger partial charge in [0.15, 0.2) is 0 Å². The van der Waals surface area contributed by atoms with Crippen LogP contribution in [0.3, 0.4) is 0 Å². The zero-order chi connectivity index (χ0) is 16.5. The Morgan fingerprint density at radius 3 is 2.43 bits per heavy atom. The smallest absolute Gasteiger partial charge is 0.269 e. The van der Waals surface area contributed by atoms with Crippen LogP contribution in [0.5, 0.6) is 5.75 Å². The number of nitrogens with one attached hydrogen (secondary N) is 1. The predicted octanol–water partition coefficient (Wildman–Crippen LogP) is 2.72. The molecule has 0 bridgehead atoms. The van der Waals surface area contributed by atoms with Crippen LogP contribution in [-0.2, 0) is 11.2 Å². The van der Waals surface area contributed by atoms with E-state index in [2.05, 4.69) is 5.32 Å². The SMILES string of the molecule is O=C(CCOc1ccc([N+](=O)[O-])cc1)NCCc1ccccc1. The minimum atomic E-state index is -0.468. The lowest BCUT2D eigenvalue weighted by atomic mass is 10.1. The molecule has 0 fully saturated rings. The number of carbonyl (C=O) groups is 1. The molecule has 0 radical (unpaired) electrons. The average molecular weight is 314 g/mol. The predicted molar refractivity (Wildman–Crippen MR) is 86.4 cm³/mol. The monoisotopic (exact) mass is 314 g/mol. The van der Waals surface area contributed by atoms with Gasteiger partial charge >= 0.3 is 0 Å². The van der Waals surface area contributed by atoms with Crippen molar-refractivity contribution in [3.8, 4) is 5.75 Å². The Morgan fingerprint density at radius 1 is 1.09 bits per heavy atom. The molecule has 23 heavy (non-hydrogen) atoms. The summed E-state index contributed by atoms with van der Waals surface area (Å²) in [5.74, 6) is 0.426. The van der Waals surface area contributed by atoms with Crippen LogP contribution >= 0.6 is 0 Å². The molecule has 6 nitrogen and oxygen atoms in total. The van der Waals surface area contributed by atoms with Gasteiger partial charge in [-0.15, -0.1) is 0 Å². The maximum absolute atomic E-state index is 11.7. The van der Waals surface area contributed by atoms with Crippen molar-refractivity contribution in [2.75, 3.05) is 13.2 Å². The van der Waals surface area contributed by atoms with Gasteiger partial charge in [-0.1, -0.05) is 30.3 Å². The Balaban J connectivity index is 1.63. The van der Waals surface area contributed by atoms with E-state index in [0.717, 1.165) is 6.42 Å². The van der Waals surface area contributed by atoms with Crippen molar-refractivity contribution < 1.29 is 14.5 Å². The molecular weight excluding hydrogens is 296 g/mol. The first-order valence-electron chi connectivity index (χ1n) is 7.33. The molecule has 0 aliphatic rings. The van der Waals surface area contributed by atoms with E-state index in [9.17, 15) is 14.9 Å². The molecule has 2 aromatic carbocycles. The highest BCUT2D eigenvalue weighted by molar-refractivity contribution is 5.75. The standard InChI is InChI=1S/C17H18N2O4/c20-17(18-12-10-14-4-2-1-3-5-14)11-13-23-16-8-6-15(7-9-16)19(21)22/h1-9H,10-13H2,(H,18,20). The fourth-order valence-corrected chi connectivity index (χ4v) is 2.00. The number of nitro groups is 1. The number of hydrogen-bond donors (Lipinski definition) is 1. The molecule has 0 aliphatic heterocycles. The third-order valence-electron chi connectivity index (χ3n) is 3.22. The van der Waals surface area contributed by atoms with Crippen molar-refractivity contribution in [1.29, 1.82) is 0 Å². The Hall–Kier alpha value is -2.89. The van der Waals surface area contributed by atoms with E-state index in [1.165, 1.54) is 29.8 Å². The first-order chi connectivity index (χ1) is 11.1. The van der Waals surface area contributed by atoms with Crippen molar-refractivity contribution in [2.24, 2.45) is 0 Å². The van der Waals surface area contributed by atoms with Crippen LogP contribution in [0.25, 0.3) is 0 Å². The number of non-ortho nitro benzene ring substituents is 1. The van der Waals surface area contributed by atoms with E-state index < -0.39 is 4.92 Å². The molecule has 6 heteroatoms. The normalized spacial score (nSPS) is 10.1. The topological polar surface area (TPSA) is 81.5 Å². The molecule has 0 aliphatic carbocycles. The Kier molecular flexibility index (Phi) is 6.11. The van der Waals surface area contributed by atoms with Gasteiger partial charge in [0.25, 0.3) is 5.69 Å². The van der Waals surface area contributed by atoms with Gasteiger partial charge in [0.05, 0.1) is 18.0 Å². The van der Waals surface area contributed by atoms with E-state index in [4.69, 9.17) is 4.74 Å². The molecule has 120 valence electrons. The van der Waals surface area contributed by atoms with Crippen LogP contribution in [0.4, 0.5) is 5.69 Å². The van der Waals surface area contributed by atoms with Gasteiger partial charge in [0.2, 0.25) is 5.91 Å². The van der Waals surface area contributed by atoms with Gasteiger partial charge in [-0.2, -0.15) is 0 Å². The molecular formula is C17H18N2O4. The van der Waals surface area contributed by atoms with Gasteiger partial charge in [-0.3, -0.25) is 14.9 Å². The molecule has 2 aromatic rings. The summed E-state index contributed by atoms with van der Waals surface area (Å²) >= 11 is 0. The highest BCUT2D eigenvalue weighted by Crippen LogP contribution is 2.17. The molecule has 0 saturated carbocycles. The van der Waals surface area contributed by atoms with Crippen molar-refractivity contribution in [1.82, 2.24) is 5.32 Å². The third kappa shape index (κ3) is 5.78. The fourth-order valence-electron chi connectivity index (χ4n) is 2.00. The van der Waals surface area contributed by atoms with Crippen LogP contribution in [0.15, 0.2) is 54.6 Å². The fraction of sp³-hybridized carbons (Fsp3) is 0.235. The molecule has 2 rings (SSSR count). The van der Waals surface area contributed by atoms with E-state index in [1.54, 1.807) is 0 Å². The summed E-state index contributed by atoms with van der Waals surface area (Å²) < 4.78 is 5.39. The lowest BCUT2D eigenvalue weighted by molar-refractivity contribution is -0.384. The van der Waals surface area contributed by atoms with Gasteiger partial charge in [0, 0.05) is 18.7 Å². The molecule has 0 unspecified atom stereocenters. The van der Waals surface area contributed by atoms with E-state index in [-0.39, 0.29) is 24.6 Å². The molecule has 0 heterocycles. The van der Waals surface area contributed by atoms with Crippen molar-refractivity contribution in [3.63, 3.8) is 0 Å². The molecule has 0 saturated heterocycles. The summed E-state index contributed by atoms with van der Waals surface area (Å²) in [6, 6.07) is 15.7. The summed E-state index contributed by atoms with van der Waals surface area (Å²) in [5, 5.41) is 13.4. The van der Waals surface area contributed by atoms with E-state index in [0.29, 0.717) is 12.3 Å². The number of benzene rings is 2. The molecule has 0 aromatic heterocycles. The summed E-state index contributed by atoms with van der Waals surface area (Å²) in [5.41, 5.74) is 1.19. The third-order valence-corrected chi connectivity index (χ3v) is 3.22. The van der Waals surface area contributed by atoms with Gasteiger partial charge < -0.3 is 10.1 Å². The van der Waals surface area contributed by atoms with Gasteiger partial charge in [-0.05, 0) is 24.1 Å². The van der Waals surface area contributed by atoms with Gasteiger partial charge in [0.1, 0.15) is 5.75 Å². The molecule has 0 spiro atoms. The summed E-state index contributed by atoms with van der Waals surface area (Å²) in [4.78, 5) is 21.7. The maximum atomic E-state index is 11.7. The van der Waals surface area contributed by atoms with Crippen molar-refractivity contribution >= 4 is 11.6 Å². The number of nitrogens with zero attached hydrogens (tertiary/aromatic N) is 1. The van der Waals surface area contributed by atoms with Crippen LogP contribution in [0.2, 0.25) is 0 Å². The molecule has 1 amide bonds. The van der Waals surface area contributed by atoms with Crippen LogP contribution < -0.4 is 10.1 Å². The van der Waals surface area contributed by atoms with Crippen LogP contribution in [0, 0.1) is 10.1 Å². The second kappa shape index (κ2) is 8.53. The van der Waals surface area contributed by atoms with Crippen molar-refractivity contribution in [2.45, 2.75) is 12.8 Å². The van der Waals surface area contributed by atoms with Crippen LogP contribution in [0.1, 0.15) is 12.0 Å². The number of rotatable bonds is 8. The Bertz CT molecular complexity index is 641. The second-order valence-electron chi connectivity index (χ2n) is 4.94. The lowest BCUT2D eigenvalue weighted by Crippen LogP contribution is -2.27. The number of amides is 1. The number of carbonyl (C=O) groups excluding carboxylic acids is 1. The molecule has 1 N–H and O–H groups in total. The zero-order valence-corrected chi connectivity index (χ0v) is 12.6. The lowest BCUT2D eigenvalue weighted by Gasteiger charge is -2.07. The first-order valence-corrected chi connectivity index (χ1v) is 7.33. The highest BCUT2D eigenvalue weighted by atomic mass is 16.6. The minimum Gasteiger partial charge on any atom is -0.493 e. The quantitative estimate of drug-likeness (QED) is 0.600. The summed E-state index contributed by atoms with van der Waals surface area (Å²) in [7, 11) is 0. The minimum absolute atomic E-state index is 0.0102. The van der Waals surface area contributed by atoms with Crippen molar-refractivity contribution in [3.05, 3.63) is 70.3 Å². The first kappa shape index (κ1) is 16.5. The average Bonchev–Trinajstić information content (AvgIpc) is 2.56. The summed E-state index contributed by atoms with van der Waals surface area (Å²) in [6.07, 6.45) is 1.03. The number of hydrogen-bond acceptors (Lipinski definition) is 4. The zero-order valence-electron chi connectivity index (χ0n) is 12.6. The largest absolute Gasteiger partial charge is 0.493 e. The highest BCUT2D eigenvalue weighted by Gasteiger charge is 2.05. The van der Waals surface area contributed by atoms with E-state index >= 15 is 0 Å². The number of ether oxygens (including phenoxy) is 1. The van der Waals surface area contributed by atoms with Gasteiger partial charge in [-0.25, -0.2) is 0 Å². The van der Waals surface area contributed by atoms with Crippen LogP contribution in [-0.4, -0.2) is 24.0 Å². The summed E-state index contributed by atoms with van der Waals surface area (Å²) in [6.45, 7) is 0.815. The maximum Gasteiger partial charge on any atom is 0.269 e. The Morgan fingerprint density at radius 2 is 1.78 bits per heavy atom. The second-order valence-corrected chi connectivity index (χ2v) is 4.94. The van der Waals surface area contributed by atoms with E-state index in [1.807, 2.05) is 30.3 Å². The Labute approximate surface area is 134 Å². The number of nitro benzene ring substituents is 1. The molecule has 0 atom stereocenters.